The van der Waals surface area contributed by atoms with Gasteiger partial charge >= 0.3 is 12.0 Å². The summed E-state index contributed by atoms with van der Waals surface area (Å²) >= 11 is 1.87. The fraction of sp³-hybridized carbons (Fsp3) is 0.364. The molecule has 0 bridgehead atoms. The second-order valence-corrected chi connectivity index (χ2v) is 5.53. The quantitative estimate of drug-likeness (QED) is 0.311. The number of carboxylic acid groups (broad SMARTS) is 1. The molecule has 2 saturated heterocycles. The van der Waals surface area contributed by atoms with Gasteiger partial charge in [0.25, 0.3) is 0 Å². The molecule has 0 aliphatic carbocycles. The Bertz CT molecular complexity index is 365. The predicted octanol–water partition coefficient (Wildman–Crippen LogP) is 5.61. The van der Waals surface area contributed by atoms with E-state index in [1.165, 1.54) is 0 Å². The fourth-order valence-corrected chi connectivity index (χ4v) is 3.81. The first-order valence-corrected chi connectivity index (χ1v) is 9.62. The van der Waals surface area contributed by atoms with Gasteiger partial charge in [0.15, 0.2) is 0 Å². The summed E-state index contributed by atoms with van der Waals surface area (Å²) in [4.78, 5) is 21.5. The van der Waals surface area contributed by atoms with E-state index in [0.29, 0.717) is 5.25 Å². The Labute approximate surface area is 177 Å². The minimum absolute atomic E-state index is 0.0640. The van der Waals surface area contributed by atoms with Gasteiger partial charge in [0, 0.05) is 17.4 Å². The molecule has 5 nitrogen and oxygen atoms in total. The molecule has 3 atom stereocenters. The Balaban J connectivity index is -0.000000126. The lowest BCUT2D eigenvalue weighted by Gasteiger charge is -2.16. The number of carbonyl (C=O) groups is 2. The first kappa shape index (κ1) is 36.4. The number of amides is 2. The highest BCUT2D eigenvalue weighted by Crippen LogP contribution is 2.33. The minimum atomic E-state index is -0.729. The van der Waals surface area contributed by atoms with Crippen LogP contribution in [0.15, 0.2) is 78.9 Å². The Kier molecular flexibility index (Phi) is 41.9. The van der Waals surface area contributed by atoms with Crippen LogP contribution < -0.4 is 10.6 Å². The van der Waals surface area contributed by atoms with Gasteiger partial charge in [-0.15, -0.1) is 78.9 Å². The number of nitrogens with one attached hydrogen (secondary N) is 2. The van der Waals surface area contributed by atoms with Crippen molar-refractivity contribution in [2.75, 3.05) is 5.75 Å². The van der Waals surface area contributed by atoms with Gasteiger partial charge in [0.1, 0.15) is 0 Å². The highest BCUT2D eigenvalue weighted by atomic mass is 32.2. The summed E-state index contributed by atoms with van der Waals surface area (Å²) in [5.74, 6) is 0.236. The van der Waals surface area contributed by atoms with Crippen molar-refractivity contribution in [2.24, 2.45) is 0 Å². The molecule has 6 heteroatoms. The number of rotatable bonds is 5. The zero-order valence-electron chi connectivity index (χ0n) is 17.4. The van der Waals surface area contributed by atoms with Crippen LogP contribution in [0.25, 0.3) is 0 Å². The molecule has 0 aromatic heterocycles. The van der Waals surface area contributed by atoms with Crippen molar-refractivity contribution in [1.82, 2.24) is 10.6 Å². The SMILES string of the molecule is C=C.C=C.C=C.C=C.C=C.C=C.O=C(O)CCCC[C@@H]1SC[C@@H]2NC(=O)N[C@@H]21. The molecule has 0 saturated carbocycles. The van der Waals surface area contributed by atoms with Gasteiger partial charge in [0.05, 0.1) is 12.1 Å². The molecule has 0 unspecified atom stereocenters. The number of hydrogen-bond acceptors (Lipinski definition) is 3. The van der Waals surface area contributed by atoms with Crippen molar-refractivity contribution in [3.05, 3.63) is 78.9 Å². The Morgan fingerprint density at radius 3 is 1.79 bits per heavy atom. The van der Waals surface area contributed by atoms with E-state index in [1.54, 1.807) is 0 Å². The Hall–Kier alpha value is -2.47. The smallest absolute Gasteiger partial charge is 0.315 e. The first-order chi connectivity index (χ1) is 13.7. The lowest BCUT2D eigenvalue weighted by Crippen LogP contribution is -2.36. The number of thioether (sulfide) groups is 1. The van der Waals surface area contributed by atoms with Gasteiger partial charge in [-0.05, 0) is 12.8 Å². The molecule has 0 aromatic rings. The summed E-state index contributed by atoms with van der Waals surface area (Å²) in [6.07, 6.45) is 2.88. The summed E-state index contributed by atoms with van der Waals surface area (Å²) in [5, 5.41) is 14.8. The van der Waals surface area contributed by atoms with Crippen LogP contribution in [0, 0.1) is 0 Å². The second-order valence-electron chi connectivity index (χ2n) is 4.26. The summed E-state index contributed by atoms with van der Waals surface area (Å²) in [5.41, 5.74) is 0. The highest BCUT2D eigenvalue weighted by Gasteiger charge is 2.42. The van der Waals surface area contributed by atoms with Crippen LogP contribution in [-0.4, -0.2) is 40.2 Å². The maximum Gasteiger partial charge on any atom is 0.315 e. The molecule has 0 aromatic carbocycles. The van der Waals surface area contributed by atoms with E-state index in [0.717, 1.165) is 25.0 Å². The lowest BCUT2D eigenvalue weighted by molar-refractivity contribution is -0.137. The molecule has 2 amide bonds. The molecule has 2 rings (SSSR count). The summed E-state index contributed by atoms with van der Waals surface area (Å²) in [7, 11) is 0. The number of hydrogen-bond donors (Lipinski definition) is 3. The average molecular weight is 413 g/mol. The summed E-state index contributed by atoms with van der Waals surface area (Å²) in [6.45, 7) is 36.0. The molecule has 162 valence electrons. The van der Waals surface area contributed by atoms with Crippen LogP contribution in [0.5, 0.6) is 0 Å². The molecule has 2 aliphatic heterocycles. The van der Waals surface area contributed by atoms with E-state index in [1.807, 2.05) is 11.8 Å². The number of carboxylic acids is 1. The Morgan fingerprint density at radius 1 is 0.893 bits per heavy atom. The van der Waals surface area contributed by atoms with E-state index in [9.17, 15) is 9.59 Å². The Morgan fingerprint density at radius 2 is 1.36 bits per heavy atom. The fourth-order valence-electron chi connectivity index (χ4n) is 2.26. The van der Waals surface area contributed by atoms with Crippen molar-refractivity contribution in [2.45, 2.75) is 43.0 Å². The van der Waals surface area contributed by atoms with Crippen molar-refractivity contribution in [3.63, 3.8) is 0 Å². The van der Waals surface area contributed by atoms with Gasteiger partial charge in [-0.3, -0.25) is 4.79 Å². The molecule has 0 radical (unpaired) electrons. The van der Waals surface area contributed by atoms with Crippen LogP contribution in [0.1, 0.15) is 25.7 Å². The van der Waals surface area contributed by atoms with Crippen LogP contribution in [-0.2, 0) is 4.79 Å². The number of carbonyl (C=O) groups excluding carboxylic acids is 1. The average Bonchev–Trinajstić information content (AvgIpc) is 3.33. The van der Waals surface area contributed by atoms with Crippen molar-refractivity contribution >= 4 is 23.8 Å². The third-order valence-electron chi connectivity index (χ3n) is 3.07. The van der Waals surface area contributed by atoms with Gasteiger partial charge in [-0.2, -0.15) is 11.8 Å². The van der Waals surface area contributed by atoms with E-state index >= 15 is 0 Å². The monoisotopic (exact) mass is 412 g/mol. The molecule has 3 N–H and O–H groups in total. The maximum atomic E-state index is 11.1. The van der Waals surface area contributed by atoms with Crippen LogP contribution in [0.3, 0.4) is 0 Å². The highest BCUT2D eigenvalue weighted by molar-refractivity contribution is 8.00. The third kappa shape index (κ3) is 18.3. The number of unbranched alkanes of at least 4 members (excludes halogenated alkanes) is 1. The van der Waals surface area contributed by atoms with Crippen molar-refractivity contribution in [1.29, 1.82) is 0 Å². The number of fused-ring (bicyclic) bond motifs is 1. The van der Waals surface area contributed by atoms with Crippen molar-refractivity contribution < 1.29 is 14.7 Å². The van der Waals surface area contributed by atoms with E-state index in [4.69, 9.17) is 5.11 Å². The number of aliphatic carboxylic acids is 1. The van der Waals surface area contributed by atoms with Crippen LogP contribution in [0.2, 0.25) is 0 Å². The van der Waals surface area contributed by atoms with Gasteiger partial charge in [0.2, 0.25) is 0 Å². The van der Waals surface area contributed by atoms with Gasteiger partial charge < -0.3 is 15.7 Å². The van der Waals surface area contributed by atoms with E-state index < -0.39 is 5.97 Å². The third-order valence-corrected chi connectivity index (χ3v) is 4.58. The molecular weight excluding hydrogens is 372 g/mol. The molecule has 28 heavy (non-hydrogen) atoms. The standard InChI is InChI=1S/C10H16N2O3S.6C2H4/c13-8(14)4-2-1-3-7-9-6(5-16-7)11-10(15)12-9;6*1-2/h6-7,9H,1-5H2,(H,13,14)(H2,11,12,15);6*1-2H2/t6-,7-,9-;;;;;;/m0....../s1. The van der Waals surface area contributed by atoms with Gasteiger partial charge in [-0.1, -0.05) is 6.42 Å². The molecule has 2 fully saturated rings. The summed E-state index contributed by atoms with van der Waals surface area (Å²) < 4.78 is 0. The van der Waals surface area contributed by atoms with Crippen LogP contribution >= 0.6 is 11.8 Å². The molecule has 0 spiro atoms. The largest absolute Gasteiger partial charge is 0.481 e. The zero-order chi connectivity index (χ0) is 23.5. The molecule has 2 heterocycles. The lowest BCUT2D eigenvalue weighted by atomic mass is 10.0. The maximum absolute atomic E-state index is 11.1. The predicted molar refractivity (Wildman–Crippen MR) is 129 cm³/mol. The molecular formula is C22H40N2O3S. The normalized spacial score (nSPS) is 19.1. The van der Waals surface area contributed by atoms with Gasteiger partial charge in [-0.25, -0.2) is 4.79 Å². The van der Waals surface area contributed by atoms with Crippen LogP contribution in [0.4, 0.5) is 4.79 Å². The zero-order valence-corrected chi connectivity index (χ0v) is 18.2. The second kappa shape index (κ2) is 32.2. The minimum Gasteiger partial charge on any atom is -0.481 e. The first-order valence-electron chi connectivity index (χ1n) is 8.57. The van der Waals surface area contributed by atoms with Crippen molar-refractivity contribution in [3.8, 4) is 0 Å². The number of urea groups is 1. The topological polar surface area (TPSA) is 78.4 Å². The van der Waals surface area contributed by atoms with E-state index in [2.05, 4.69) is 89.6 Å². The summed E-state index contributed by atoms with van der Waals surface area (Å²) in [6, 6.07) is 0.440. The molecule has 2 aliphatic rings. The van der Waals surface area contributed by atoms with E-state index in [-0.39, 0.29) is 24.5 Å².